The third kappa shape index (κ3) is 3.81. The molecule has 0 bridgehead atoms. The van der Waals surface area contributed by atoms with Crippen LogP contribution in [-0.2, 0) is 11.8 Å². The first-order valence-corrected chi connectivity index (χ1v) is 10.7. The Bertz CT molecular complexity index is 1220. The highest BCUT2D eigenvalue weighted by atomic mass is 32.2. The van der Waals surface area contributed by atoms with Crippen molar-refractivity contribution in [3.05, 3.63) is 53.8 Å². The van der Waals surface area contributed by atoms with Gasteiger partial charge in [0, 0.05) is 18.2 Å². The van der Waals surface area contributed by atoms with E-state index in [2.05, 4.69) is 10.1 Å². The van der Waals surface area contributed by atoms with Gasteiger partial charge in [-0.1, -0.05) is 36.9 Å². The molecule has 160 valence electrons. The van der Waals surface area contributed by atoms with Crippen LogP contribution >= 0.6 is 11.8 Å². The van der Waals surface area contributed by atoms with Gasteiger partial charge in [-0.3, -0.25) is 4.79 Å². The number of benzene rings is 2. The average molecular weight is 441 g/mol. The Kier molecular flexibility index (Phi) is 5.53. The normalized spacial score (nSPS) is 17.7. The van der Waals surface area contributed by atoms with Gasteiger partial charge < -0.3 is 9.67 Å². The number of halogens is 1. The van der Waals surface area contributed by atoms with Gasteiger partial charge in [-0.15, -0.1) is 0 Å². The zero-order valence-electron chi connectivity index (χ0n) is 17.2. The number of amides is 1. The van der Waals surface area contributed by atoms with Crippen LogP contribution in [0.4, 0.5) is 9.18 Å². The van der Waals surface area contributed by atoms with E-state index in [1.807, 2.05) is 36.7 Å². The quantitative estimate of drug-likeness (QED) is 0.631. The van der Waals surface area contributed by atoms with Gasteiger partial charge in [-0.25, -0.2) is 19.2 Å². The molecular weight excluding hydrogens is 419 g/mol. The predicted octanol–water partition coefficient (Wildman–Crippen LogP) is 4.50. The van der Waals surface area contributed by atoms with Crippen LogP contribution in [-0.4, -0.2) is 47.9 Å². The Labute approximate surface area is 182 Å². The van der Waals surface area contributed by atoms with Crippen LogP contribution in [0.1, 0.15) is 25.8 Å². The summed E-state index contributed by atoms with van der Waals surface area (Å²) in [5, 5.41) is 14.3. The lowest BCUT2D eigenvalue weighted by Crippen LogP contribution is -2.44. The molecule has 0 saturated carbocycles. The summed E-state index contributed by atoms with van der Waals surface area (Å²) in [6, 6.07) is 10.9. The standard InChI is InChI=1S/C22H21FN4O3S/c1-4-17(21(28)29)27-22(30)31-12(2)19(25-27)13-8-9-18-16(11-13)24-20(26(18)3)14-6-5-7-15(23)10-14/h5-12,17H,4H2,1-3H3,(H,28,29). The number of rotatable bonds is 5. The van der Waals surface area contributed by atoms with Crippen molar-refractivity contribution in [2.75, 3.05) is 0 Å². The zero-order valence-corrected chi connectivity index (χ0v) is 18.1. The SMILES string of the molecule is CCC(C(=O)O)N1N=C(c2ccc3c(c2)nc(-c2cccc(F)c2)n3C)C(C)SC1=O. The smallest absolute Gasteiger partial charge is 0.328 e. The lowest BCUT2D eigenvalue weighted by Gasteiger charge is -2.30. The van der Waals surface area contributed by atoms with Crippen LogP contribution in [0.25, 0.3) is 22.4 Å². The first-order chi connectivity index (χ1) is 14.8. The second kappa shape index (κ2) is 8.14. The van der Waals surface area contributed by atoms with Crippen LogP contribution in [0.5, 0.6) is 0 Å². The molecule has 9 heteroatoms. The highest BCUT2D eigenvalue weighted by molar-refractivity contribution is 8.14. The van der Waals surface area contributed by atoms with E-state index >= 15 is 0 Å². The third-order valence-corrected chi connectivity index (χ3v) is 6.26. The van der Waals surface area contributed by atoms with Crippen molar-refractivity contribution in [3.63, 3.8) is 0 Å². The molecule has 0 fully saturated rings. The molecule has 0 saturated heterocycles. The summed E-state index contributed by atoms with van der Waals surface area (Å²) in [7, 11) is 1.87. The molecule has 0 spiro atoms. The number of carboxylic acids is 1. The van der Waals surface area contributed by atoms with Crippen molar-refractivity contribution in [2.45, 2.75) is 31.6 Å². The molecule has 2 heterocycles. The summed E-state index contributed by atoms with van der Waals surface area (Å²) in [4.78, 5) is 28.6. The second-order valence-corrected chi connectivity index (χ2v) is 8.62. The fourth-order valence-corrected chi connectivity index (χ4v) is 4.56. The first-order valence-electron chi connectivity index (χ1n) is 9.84. The zero-order chi connectivity index (χ0) is 22.3. The van der Waals surface area contributed by atoms with Gasteiger partial charge in [0.15, 0.2) is 6.04 Å². The van der Waals surface area contributed by atoms with Gasteiger partial charge >= 0.3 is 11.2 Å². The highest BCUT2D eigenvalue weighted by Crippen LogP contribution is 2.30. The second-order valence-electron chi connectivity index (χ2n) is 7.33. The molecule has 0 aliphatic carbocycles. The van der Waals surface area contributed by atoms with Crippen molar-refractivity contribution >= 4 is 39.7 Å². The van der Waals surface area contributed by atoms with E-state index in [9.17, 15) is 19.1 Å². The molecule has 1 amide bonds. The largest absolute Gasteiger partial charge is 0.480 e. The Balaban J connectivity index is 1.78. The Morgan fingerprint density at radius 2 is 2.03 bits per heavy atom. The molecule has 2 unspecified atom stereocenters. The Morgan fingerprint density at radius 3 is 2.71 bits per heavy atom. The summed E-state index contributed by atoms with van der Waals surface area (Å²) in [5.74, 6) is -0.788. The van der Waals surface area contributed by atoms with E-state index in [1.54, 1.807) is 19.1 Å². The number of hydrogen-bond acceptors (Lipinski definition) is 5. The molecule has 2 atom stereocenters. The molecule has 3 aromatic rings. The first kappa shape index (κ1) is 21.0. The molecule has 1 aromatic heterocycles. The number of hydrogen-bond donors (Lipinski definition) is 1. The van der Waals surface area contributed by atoms with Crippen LogP contribution in [0, 0.1) is 5.82 Å². The van der Waals surface area contributed by atoms with E-state index in [4.69, 9.17) is 0 Å². The molecule has 1 N–H and O–H groups in total. The fraction of sp³-hybridized carbons (Fsp3) is 0.273. The minimum absolute atomic E-state index is 0.237. The summed E-state index contributed by atoms with van der Waals surface area (Å²) in [6.45, 7) is 3.57. The third-order valence-electron chi connectivity index (χ3n) is 5.29. The van der Waals surface area contributed by atoms with Gasteiger partial charge in [0.1, 0.15) is 11.6 Å². The number of carboxylic acid groups (broad SMARTS) is 1. The topological polar surface area (TPSA) is 87.8 Å². The molecule has 4 rings (SSSR count). The minimum atomic E-state index is -1.09. The van der Waals surface area contributed by atoms with Crippen molar-refractivity contribution in [2.24, 2.45) is 12.1 Å². The molecule has 1 aliphatic heterocycles. The molecule has 1 aliphatic rings. The number of imidazole rings is 1. The number of carbonyl (C=O) groups excluding carboxylic acids is 1. The minimum Gasteiger partial charge on any atom is -0.480 e. The maximum atomic E-state index is 13.7. The van der Waals surface area contributed by atoms with Crippen molar-refractivity contribution in [1.82, 2.24) is 14.6 Å². The van der Waals surface area contributed by atoms with Crippen molar-refractivity contribution < 1.29 is 19.1 Å². The lowest BCUT2D eigenvalue weighted by atomic mass is 10.1. The molecule has 7 nitrogen and oxygen atoms in total. The van der Waals surface area contributed by atoms with Crippen molar-refractivity contribution in [3.8, 4) is 11.4 Å². The summed E-state index contributed by atoms with van der Waals surface area (Å²) in [5.41, 5.74) is 3.61. The molecular formula is C22H21FN4O3S. The van der Waals surface area contributed by atoms with Crippen LogP contribution < -0.4 is 0 Å². The fourth-order valence-electron chi connectivity index (χ4n) is 3.69. The Morgan fingerprint density at radius 1 is 1.26 bits per heavy atom. The summed E-state index contributed by atoms with van der Waals surface area (Å²) >= 11 is 1.05. The molecule has 2 aromatic carbocycles. The Hall–Kier alpha value is -3.20. The number of aliphatic carboxylic acids is 1. The van der Waals surface area contributed by atoms with E-state index in [0.717, 1.165) is 27.9 Å². The monoisotopic (exact) mass is 440 g/mol. The maximum Gasteiger partial charge on any atom is 0.328 e. The van der Waals surface area contributed by atoms with Gasteiger partial charge in [0.05, 0.1) is 22.0 Å². The van der Waals surface area contributed by atoms with Gasteiger partial charge in [-0.05, 0) is 37.6 Å². The van der Waals surface area contributed by atoms with E-state index in [-0.39, 0.29) is 22.7 Å². The number of thioether (sulfide) groups is 1. The number of fused-ring (bicyclic) bond motifs is 1. The van der Waals surface area contributed by atoms with Crippen LogP contribution in [0.3, 0.4) is 0 Å². The van der Waals surface area contributed by atoms with E-state index in [0.29, 0.717) is 22.6 Å². The van der Waals surface area contributed by atoms with E-state index in [1.165, 1.54) is 12.1 Å². The van der Waals surface area contributed by atoms with Crippen LogP contribution in [0.2, 0.25) is 0 Å². The molecule has 0 radical (unpaired) electrons. The average Bonchev–Trinajstić information content (AvgIpc) is 3.06. The highest BCUT2D eigenvalue weighted by Gasteiger charge is 2.35. The number of nitrogens with zero attached hydrogens (tertiary/aromatic N) is 4. The van der Waals surface area contributed by atoms with Crippen molar-refractivity contribution in [1.29, 1.82) is 0 Å². The van der Waals surface area contributed by atoms with Gasteiger partial charge in [-0.2, -0.15) is 5.10 Å². The van der Waals surface area contributed by atoms with Gasteiger partial charge in [0.2, 0.25) is 0 Å². The maximum absolute atomic E-state index is 13.7. The number of aryl methyl sites for hydroxylation is 1. The summed E-state index contributed by atoms with van der Waals surface area (Å²) in [6.07, 6.45) is 0.253. The van der Waals surface area contributed by atoms with E-state index < -0.39 is 12.0 Å². The number of aromatic nitrogens is 2. The van der Waals surface area contributed by atoms with Crippen LogP contribution in [0.15, 0.2) is 47.6 Å². The van der Waals surface area contributed by atoms with Gasteiger partial charge in [0.25, 0.3) is 0 Å². The summed E-state index contributed by atoms with van der Waals surface area (Å²) < 4.78 is 15.6. The number of hydrazone groups is 1. The number of carbonyl (C=O) groups is 2. The predicted molar refractivity (Wildman–Crippen MR) is 119 cm³/mol. The lowest BCUT2D eigenvalue weighted by molar-refractivity contribution is -0.142. The molecule has 31 heavy (non-hydrogen) atoms.